The lowest BCUT2D eigenvalue weighted by Crippen LogP contribution is -2.40. The van der Waals surface area contributed by atoms with Gasteiger partial charge in [0.2, 0.25) is 5.91 Å². The summed E-state index contributed by atoms with van der Waals surface area (Å²) in [6.07, 6.45) is 3.47. The summed E-state index contributed by atoms with van der Waals surface area (Å²) < 4.78 is 0. The Hall–Kier alpha value is -2.17. The molecule has 2 aliphatic heterocycles. The van der Waals surface area contributed by atoms with E-state index in [0.717, 1.165) is 52.2 Å². The molecule has 0 bridgehead atoms. The van der Waals surface area contributed by atoms with E-state index in [1.807, 2.05) is 4.90 Å². The number of carbonyl (C=O) groups is 1. The molecule has 2 aromatic rings. The molecule has 0 spiro atoms. The summed E-state index contributed by atoms with van der Waals surface area (Å²) in [6, 6.07) is 19.5. The highest BCUT2D eigenvalue weighted by Crippen LogP contribution is 2.20. The average molecular weight is 378 g/mol. The zero-order valence-corrected chi connectivity index (χ0v) is 16.7. The fourth-order valence-corrected chi connectivity index (χ4v) is 4.29. The third-order valence-corrected chi connectivity index (χ3v) is 5.97. The number of nitrogens with zero attached hydrogens (tertiary/aromatic N) is 3. The first-order valence-electron chi connectivity index (χ1n) is 10.6. The van der Waals surface area contributed by atoms with Gasteiger partial charge in [-0.3, -0.25) is 14.6 Å². The highest BCUT2D eigenvalue weighted by molar-refractivity contribution is 5.78. The van der Waals surface area contributed by atoms with Crippen LogP contribution in [0.3, 0.4) is 0 Å². The maximum absolute atomic E-state index is 12.4. The van der Waals surface area contributed by atoms with Gasteiger partial charge in [0.25, 0.3) is 0 Å². The van der Waals surface area contributed by atoms with Gasteiger partial charge < -0.3 is 4.90 Å². The molecule has 4 heteroatoms. The summed E-state index contributed by atoms with van der Waals surface area (Å²) in [7, 11) is 0. The number of benzene rings is 2. The minimum absolute atomic E-state index is 0.322. The van der Waals surface area contributed by atoms with Crippen LogP contribution in [0.1, 0.15) is 24.8 Å². The number of hydrogen-bond donors (Lipinski definition) is 0. The molecule has 0 N–H and O–H groups in total. The zero-order valence-electron chi connectivity index (χ0n) is 16.7. The summed E-state index contributed by atoms with van der Waals surface area (Å²) in [5.74, 6) is 0.322. The van der Waals surface area contributed by atoms with Gasteiger partial charge in [0.1, 0.15) is 0 Å². The molecular weight excluding hydrogens is 346 g/mol. The number of likely N-dealkylation sites (tertiary alicyclic amines) is 1. The standard InChI is InChI=1S/C24H31N3O/c28-24(27-15-4-5-16-27)20-26-14-6-13-25(17-18-26)19-21-9-11-23(12-10-21)22-7-2-1-3-8-22/h1-3,7-12H,4-6,13-20H2. The smallest absolute Gasteiger partial charge is 0.236 e. The monoisotopic (exact) mass is 377 g/mol. The second-order valence-corrected chi connectivity index (χ2v) is 8.06. The van der Waals surface area contributed by atoms with Crippen molar-refractivity contribution in [2.45, 2.75) is 25.8 Å². The van der Waals surface area contributed by atoms with E-state index >= 15 is 0 Å². The SMILES string of the molecule is O=C(CN1CCCN(Cc2ccc(-c3ccccc3)cc2)CC1)N1CCCC1. The summed E-state index contributed by atoms with van der Waals surface area (Å²) in [5.41, 5.74) is 3.90. The molecule has 4 rings (SSSR count). The molecule has 148 valence electrons. The van der Waals surface area contributed by atoms with Crippen LogP contribution in [0.15, 0.2) is 54.6 Å². The van der Waals surface area contributed by atoms with Crippen LogP contribution in [-0.2, 0) is 11.3 Å². The van der Waals surface area contributed by atoms with Crippen LogP contribution in [0.25, 0.3) is 11.1 Å². The fraction of sp³-hybridized carbons (Fsp3) is 0.458. The molecule has 0 atom stereocenters. The molecule has 0 aromatic heterocycles. The maximum Gasteiger partial charge on any atom is 0.236 e. The van der Waals surface area contributed by atoms with Crippen molar-refractivity contribution in [2.75, 3.05) is 45.8 Å². The van der Waals surface area contributed by atoms with Crippen molar-refractivity contribution in [2.24, 2.45) is 0 Å². The third-order valence-electron chi connectivity index (χ3n) is 5.97. The molecule has 1 amide bonds. The van der Waals surface area contributed by atoms with E-state index < -0.39 is 0 Å². The molecule has 0 radical (unpaired) electrons. The van der Waals surface area contributed by atoms with Gasteiger partial charge >= 0.3 is 0 Å². The van der Waals surface area contributed by atoms with Gasteiger partial charge in [-0.2, -0.15) is 0 Å². The minimum atomic E-state index is 0.322. The van der Waals surface area contributed by atoms with Crippen molar-refractivity contribution >= 4 is 5.91 Å². The van der Waals surface area contributed by atoms with E-state index in [9.17, 15) is 4.79 Å². The van der Waals surface area contributed by atoms with E-state index in [2.05, 4.69) is 64.4 Å². The molecule has 0 unspecified atom stereocenters. The van der Waals surface area contributed by atoms with Gasteiger partial charge in [0, 0.05) is 32.7 Å². The zero-order chi connectivity index (χ0) is 19.2. The third kappa shape index (κ3) is 5.00. The Bertz CT molecular complexity index is 753. The van der Waals surface area contributed by atoms with Crippen LogP contribution >= 0.6 is 0 Å². The molecule has 28 heavy (non-hydrogen) atoms. The number of carbonyl (C=O) groups excluding carboxylic acids is 1. The molecule has 2 saturated heterocycles. The van der Waals surface area contributed by atoms with Gasteiger partial charge in [0.05, 0.1) is 6.54 Å². The van der Waals surface area contributed by atoms with Crippen molar-refractivity contribution in [3.8, 4) is 11.1 Å². The van der Waals surface area contributed by atoms with Crippen molar-refractivity contribution in [3.63, 3.8) is 0 Å². The largest absolute Gasteiger partial charge is 0.342 e. The van der Waals surface area contributed by atoms with Crippen molar-refractivity contribution in [3.05, 3.63) is 60.2 Å². The lowest BCUT2D eigenvalue weighted by Gasteiger charge is -2.24. The van der Waals surface area contributed by atoms with Crippen molar-refractivity contribution < 1.29 is 4.79 Å². The van der Waals surface area contributed by atoms with Crippen LogP contribution < -0.4 is 0 Å². The van der Waals surface area contributed by atoms with E-state index in [1.165, 1.54) is 29.5 Å². The first-order chi connectivity index (χ1) is 13.8. The summed E-state index contributed by atoms with van der Waals surface area (Å²) in [6.45, 7) is 7.66. The Balaban J connectivity index is 1.28. The van der Waals surface area contributed by atoms with Crippen LogP contribution in [0.4, 0.5) is 0 Å². The Labute approximate surface area is 168 Å². The first-order valence-corrected chi connectivity index (χ1v) is 10.6. The van der Waals surface area contributed by atoms with Gasteiger partial charge in [-0.05, 0) is 49.0 Å². The Morgan fingerprint density at radius 3 is 2.07 bits per heavy atom. The molecule has 0 saturated carbocycles. The van der Waals surface area contributed by atoms with Gasteiger partial charge in [-0.1, -0.05) is 54.6 Å². The van der Waals surface area contributed by atoms with Crippen molar-refractivity contribution in [1.29, 1.82) is 0 Å². The molecule has 2 aliphatic rings. The summed E-state index contributed by atoms with van der Waals surface area (Å²) in [4.78, 5) is 19.3. The molecular formula is C24H31N3O. The van der Waals surface area contributed by atoms with E-state index in [4.69, 9.17) is 0 Å². The topological polar surface area (TPSA) is 26.8 Å². The van der Waals surface area contributed by atoms with E-state index in [1.54, 1.807) is 0 Å². The lowest BCUT2D eigenvalue weighted by atomic mass is 10.0. The highest BCUT2D eigenvalue weighted by atomic mass is 16.2. The second kappa shape index (κ2) is 9.35. The van der Waals surface area contributed by atoms with E-state index in [0.29, 0.717) is 12.5 Å². The van der Waals surface area contributed by atoms with Gasteiger partial charge in [-0.15, -0.1) is 0 Å². The Kier molecular flexibility index (Phi) is 6.40. The molecule has 2 fully saturated rings. The predicted molar refractivity (Wildman–Crippen MR) is 114 cm³/mol. The van der Waals surface area contributed by atoms with Crippen LogP contribution in [0, 0.1) is 0 Å². The average Bonchev–Trinajstić information content (AvgIpc) is 3.19. The number of amides is 1. The molecule has 0 aliphatic carbocycles. The Morgan fingerprint density at radius 1 is 0.679 bits per heavy atom. The normalized spacial score (nSPS) is 18.9. The summed E-state index contributed by atoms with van der Waals surface area (Å²) >= 11 is 0. The molecule has 2 aromatic carbocycles. The van der Waals surface area contributed by atoms with Crippen molar-refractivity contribution in [1.82, 2.24) is 14.7 Å². The quantitative estimate of drug-likeness (QED) is 0.798. The highest BCUT2D eigenvalue weighted by Gasteiger charge is 2.22. The maximum atomic E-state index is 12.4. The molecule has 2 heterocycles. The van der Waals surface area contributed by atoms with Gasteiger partial charge in [0.15, 0.2) is 0 Å². The van der Waals surface area contributed by atoms with Crippen LogP contribution in [0.2, 0.25) is 0 Å². The predicted octanol–water partition coefficient (Wildman–Crippen LogP) is 3.48. The lowest BCUT2D eigenvalue weighted by molar-refractivity contribution is -0.131. The minimum Gasteiger partial charge on any atom is -0.342 e. The van der Waals surface area contributed by atoms with Crippen LogP contribution in [-0.4, -0.2) is 66.4 Å². The molecule has 4 nitrogen and oxygen atoms in total. The second-order valence-electron chi connectivity index (χ2n) is 8.06. The number of hydrogen-bond acceptors (Lipinski definition) is 3. The Morgan fingerprint density at radius 2 is 1.32 bits per heavy atom. The van der Waals surface area contributed by atoms with Crippen LogP contribution in [0.5, 0.6) is 0 Å². The number of rotatable bonds is 5. The summed E-state index contributed by atoms with van der Waals surface area (Å²) in [5, 5.41) is 0. The van der Waals surface area contributed by atoms with Gasteiger partial charge in [-0.25, -0.2) is 0 Å². The fourth-order valence-electron chi connectivity index (χ4n) is 4.29. The first kappa shape index (κ1) is 19.2. The van der Waals surface area contributed by atoms with E-state index in [-0.39, 0.29) is 0 Å².